The number of carbonyl (C=O) groups excluding carboxylic acids is 1. The quantitative estimate of drug-likeness (QED) is 0.732. The van der Waals surface area contributed by atoms with Gasteiger partial charge in [0.15, 0.2) is 5.01 Å². The largest absolute Gasteiger partial charge is 0.492 e. The smallest absolute Gasteiger partial charge is 0.283 e. The molecule has 2 aliphatic rings. The molecule has 0 spiro atoms. The first-order chi connectivity index (χ1) is 13.0. The van der Waals surface area contributed by atoms with Gasteiger partial charge in [0.05, 0.1) is 31.6 Å². The third-order valence-corrected chi connectivity index (χ3v) is 5.77. The van der Waals surface area contributed by atoms with Crippen molar-refractivity contribution in [2.75, 3.05) is 19.7 Å². The minimum absolute atomic E-state index is 0.252. The van der Waals surface area contributed by atoms with Crippen LogP contribution in [0, 0.1) is 0 Å². The molecular formula is C18H14F2N4O2S. The second-order valence-electron chi connectivity index (χ2n) is 6.60. The van der Waals surface area contributed by atoms with E-state index in [0.717, 1.165) is 26.5 Å². The first-order valence-corrected chi connectivity index (χ1v) is 9.25. The number of aromatic nitrogens is 3. The number of hydrogen-bond donors (Lipinski definition) is 1. The molecule has 0 radical (unpaired) electrons. The van der Waals surface area contributed by atoms with Gasteiger partial charge < -0.3 is 9.64 Å². The molecule has 3 aromatic rings. The van der Waals surface area contributed by atoms with Gasteiger partial charge in [-0.3, -0.25) is 9.89 Å². The van der Waals surface area contributed by atoms with Crippen LogP contribution >= 0.6 is 11.3 Å². The Balaban J connectivity index is 1.49. The van der Waals surface area contributed by atoms with Crippen LogP contribution in [0.4, 0.5) is 8.78 Å². The van der Waals surface area contributed by atoms with Crippen molar-refractivity contribution in [1.29, 1.82) is 0 Å². The van der Waals surface area contributed by atoms with Crippen LogP contribution in [-0.4, -0.2) is 51.6 Å². The average molecular weight is 388 g/mol. The first kappa shape index (κ1) is 16.4. The Labute approximate surface area is 156 Å². The van der Waals surface area contributed by atoms with E-state index in [4.69, 9.17) is 4.74 Å². The van der Waals surface area contributed by atoms with E-state index >= 15 is 0 Å². The molecular weight excluding hydrogens is 374 g/mol. The highest BCUT2D eigenvalue weighted by Crippen LogP contribution is 2.40. The average Bonchev–Trinajstić information content (AvgIpc) is 3.26. The summed E-state index contributed by atoms with van der Waals surface area (Å²) in [6.07, 6.45) is 4.14. The maximum Gasteiger partial charge on any atom is 0.283 e. The number of ether oxygens (including phenoxy) is 1. The third-order valence-electron chi connectivity index (χ3n) is 4.67. The van der Waals surface area contributed by atoms with Gasteiger partial charge in [-0.15, -0.1) is 11.3 Å². The number of benzene rings is 1. The van der Waals surface area contributed by atoms with Gasteiger partial charge in [0.1, 0.15) is 5.75 Å². The van der Waals surface area contributed by atoms with Crippen molar-refractivity contribution < 1.29 is 18.3 Å². The molecule has 2 aliphatic heterocycles. The lowest BCUT2D eigenvalue weighted by Crippen LogP contribution is -2.58. The van der Waals surface area contributed by atoms with Crippen LogP contribution in [0.1, 0.15) is 14.7 Å². The maximum absolute atomic E-state index is 13.1. The summed E-state index contributed by atoms with van der Waals surface area (Å²) < 4.78 is 32.0. The first-order valence-electron chi connectivity index (χ1n) is 8.43. The normalized spacial score (nSPS) is 17.3. The lowest BCUT2D eigenvalue weighted by molar-refractivity contribution is -0.113. The Hall–Kier alpha value is -2.81. The Bertz CT molecular complexity index is 1020. The third kappa shape index (κ3) is 2.78. The van der Waals surface area contributed by atoms with Crippen LogP contribution in [0.15, 0.2) is 30.6 Å². The fourth-order valence-corrected chi connectivity index (χ4v) is 4.32. The lowest BCUT2D eigenvalue weighted by atomic mass is 10.0. The maximum atomic E-state index is 13.1. The fraction of sp³-hybridized carbons (Fsp3) is 0.278. The second-order valence-corrected chi connectivity index (χ2v) is 7.69. The minimum atomic E-state index is -2.78. The van der Waals surface area contributed by atoms with Gasteiger partial charge in [-0.1, -0.05) is 6.07 Å². The number of carbonyl (C=O) groups is 1. The number of alkyl halides is 2. The Morgan fingerprint density at radius 1 is 1.30 bits per heavy atom. The zero-order valence-electron chi connectivity index (χ0n) is 14.0. The number of thiazole rings is 1. The van der Waals surface area contributed by atoms with Crippen molar-refractivity contribution >= 4 is 17.2 Å². The summed E-state index contributed by atoms with van der Waals surface area (Å²) in [4.78, 5) is 19.0. The van der Waals surface area contributed by atoms with Gasteiger partial charge in [-0.25, -0.2) is 13.8 Å². The number of aromatic amines is 1. The van der Waals surface area contributed by atoms with Crippen molar-refractivity contribution in [1.82, 2.24) is 20.1 Å². The van der Waals surface area contributed by atoms with E-state index in [1.54, 1.807) is 12.4 Å². The Morgan fingerprint density at radius 2 is 2.15 bits per heavy atom. The molecule has 0 aliphatic carbocycles. The zero-order chi connectivity index (χ0) is 18.6. The molecule has 1 saturated heterocycles. The monoisotopic (exact) mass is 388 g/mol. The number of fused-ring (bicyclic) bond motifs is 3. The Morgan fingerprint density at radius 3 is 2.89 bits per heavy atom. The number of rotatable bonds is 2. The van der Waals surface area contributed by atoms with Gasteiger partial charge >= 0.3 is 0 Å². The standard InChI is InChI=1S/C18H14F2N4O2S/c19-18(20)8-24(9-18)17(25)16-23-15-12-2-1-10(11-6-21-22-7-11)5-13(12)26-4-3-14(15)27-16/h1-2,5-7H,3-4,8-9H2,(H,21,22). The van der Waals surface area contributed by atoms with Gasteiger partial charge in [-0.2, -0.15) is 5.10 Å². The summed E-state index contributed by atoms with van der Waals surface area (Å²) in [5.74, 6) is -2.53. The molecule has 0 atom stereocenters. The van der Waals surface area contributed by atoms with Crippen LogP contribution in [0.5, 0.6) is 5.75 Å². The van der Waals surface area contributed by atoms with Crippen LogP contribution in [0.25, 0.3) is 22.4 Å². The van der Waals surface area contributed by atoms with Crippen molar-refractivity contribution in [3.05, 3.63) is 40.5 Å². The summed E-state index contributed by atoms with van der Waals surface area (Å²) in [5, 5.41) is 6.99. The molecule has 6 nitrogen and oxygen atoms in total. The number of nitrogens with zero attached hydrogens (tertiary/aromatic N) is 3. The van der Waals surface area contributed by atoms with E-state index in [-0.39, 0.29) is 5.01 Å². The topological polar surface area (TPSA) is 71.1 Å². The second kappa shape index (κ2) is 5.85. The molecule has 1 aromatic carbocycles. The van der Waals surface area contributed by atoms with Crippen LogP contribution in [-0.2, 0) is 6.42 Å². The highest BCUT2D eigenvalue weighted by molar-refractivity contribution is 7.14. The molecule has 2 aromatic heterocycles. The predicted octanol–water partition coefficient (Wildman–Crippen LogP) is 3.23. The highest BCUT2D eigenvalue weighted by atomic mass is 32.1. The van der Waals surface area contributed by atoms with Crippen LogP contribution in [0.2, 0.25) is 0 Å². The number of likely N-dealkylation sites (tertiary alicyclic amines) is 1. The highest BCUT2D eigenvalue weighted by Gasteiger charge is 2.47. The predicted molar refractivity (Wildman–Crippen MR) is 95.2 cm³/mol. The number of amides is 1. The SMILES string of the molecule is O=C(c1nc2c(s1)CCOc1cc(-c3cn[nH]c3)ccc1-2)N1CC(F)(F)C1. The molecule has 27 heavy (non-hydrogen) atoms. The molecule has 5 rings (SSSR count). The Kier molecular flexibility index (Phi) is 3.55. The van der Waals surface area contributed by atoms with E-state index in [1.807, 2.05) is 18.2 Å². The molecule has 1 amide bonds. The molecule has 138 valence electrons. The molecule has 0 bridgehead atoms. The summed E-state index contributed by atoms with van der Waals surface area (Å²) in [7, 11) is 0. The van der Waals surface area contributed by atoms with Gasteiger partial charge in [0, 0.05) is 28.6 Å². The van der Waals surface area contributed by atoms with Crippen molar-refractivity contribution in [3.8, 4) is 28.1 Å². The molecule has 1 fully saturated rings. The van der Waals surface area contributed by atoms with E-state index in [1.165, 1.54) is 11.3 Å². The van der Waals surface area contributed by atoms with Crippen molar-refractivity contribution in [2.45, 2.75) is 12.3 Å². The fourth-order valence-electron chi connectivity index (χ4n) is 3.29. The molecule has 0 saturated carbocycles. The minimum Gasteiger partial charge on any atom is -0.492 e. The van der Waals surface area contributed by atoms with E-state index < -0.39 is 24.9 Å². The summed E-state index contributed by atoms with van der Waals surface area (Å²) in [6, 6.07) is 5.78. The van der Waals surface area contributed by atoms with Gasteiger partial charge in [0.25, 0.3) is 11.8 Å². The van der Waals surface area contributed by atoms with Crippen LogP contribution in [0.3, 0.4) is 0 Å². The molecule has 9 heteroatoms. The van der Waals surface area contributed by atoms with E-state index in [9.17, 15) is 13.6 Å². The van der Waals surface area contributed by atoms with Crippen LogP contribution < -0.4 is 4.74 Å². The van der Waals surface area contributed by atoms with Gasteiger partial charge in [-0.05, 0) is 17.7 Å². The van der Waals surface area contributed by atoms with Crippen molar-refractivity contribution in [3.63, 3.8) is 0 Å². The summed E-state index contributed by atoms with van der Waals surface area (Å²) >= 11 is 1.26. The van der Waals surface area contributed by atoms with E-state index in [0.29, 0.717) is 24.5 Å². The lowest BCUT2D eigenvalue weighted by Gasteiger charge is -2.38. The summed E-state index contributed by atoms with van der Waals surface area (Å²) in [5.41, 5.74) is 3.40. The van der Waals surface area contributed by atoms with E-state index in [2.05, 4.69) is 15.2 Å². The molecule has 1 N–H and O–H groups in total. The zero-order valence-corrected chi connectivity index (χ0v) is 14.9. The molecule has 4 heterocycles. The number of H-pyrrole nitrogens is 1. The van der Waals surface area contributed by atoms with Crippen molar-refractivity contribution in [2.24, 2.45) is 0 Å². The number of hydrogen-bond acceptors (Lipinski definition) is 5. The van der Waals surface area contributed by atoms with Gasteiger partial charge in [0.2, 0.25) is 0 Å². The molecule has 0 unspecified atom stereocenters. The summed E-state index contributed by atoms with van der Waals surface area (Å²) in [6.45, 7) is -0.611. The number of halogens is 2. The number of nitrogens with one attached hydrogen (secondary N) is 1.